The van der Waals surface area contributed by atoms with Crippen LogP contribution < -0.4 is 5.84 Å². The molecule has 0 fully saturated rings. The largest absolute Gasteiger partial charge is 0.444 e. The van der Waals surface area contributed by atoms with Crippen molar-refractivity contribution in [3.05, 3.63) is 52.7 Å². The third-order valence-corrected chi connectivity index (χ3v) is 2.56. The predicted molar refractivity (Wildman–Crippen MR) is 65.3 cm³/mol. The number of hydrazine groups is 1. The summed E-state index contributed by atoms with van der Waals surface area (Å²) >= 11 is 3.06. The minimum Gasteiger partial charge on any atom is -0.444 e. The molecule has 2 aromatic rings. The van der Waals surface area contributed by atoms with Gasteiger partial charge in [-0.05, 0) is 40.2 Å². The second-order valence-corrected chi connectivity index (χ2v) is 4.11. The summed E-state index contributed by atoms with van der Waals surface area (Å²) in [5, 5.41) is 0.488. The third-order valence-electron chi connectivity index (χ3n) is 2.13. The zero-order chi connectivity index (χ0) is 13.1. The standard InChI is InChI=1S/C11H8BrN3O3/c12-9-4-3-8(18-9)11(17)15(13)10(16)7-2-1-5-14-6-7/h1-6H,13H2. The Balaban J connectivity index is 2.19. The lowest BCUT2D eigenvalue weighted by atomic mass is 10.2. The molecule has 6 nitrogen and oxygen atoms in total. The molecule has 7 heteroatoms. The molecule has 2 amide bonds. The van der Waals surface area contributed by atoms with Crippen LogP contribution in [0.3, 0.4) is 0 Å². The normalized spacial score (nSPS) is 10.1. The van der Waals surface area contributed by atoms with Crippen LogP contribution in [0.5, 0.6) is 0 Å². The number of carbonyl (C=O) groups excluding carboxylic acids is 2. The summed E-state index contributed by atoms with van der Waals surface area (Å²) in [7, 11) is 0. The molecular weight excluding hydrogens is 302 g/mol. The average Bonchev–Trinajstić information content (AvgIpc) is 2.84. The minimum absolute atomic E-state index is 0.0263. The van der Waals surface area contributed by atoms with Crippen molar-refractivity contribution < 1.29 is 14.0 Å². The number of halogens is 1. The first kappa shape index (κ1) is 12.5. The lowest BCUT2D eigenvalue weighted by molar-refractivity contribution is 0.0595. The number of aromatic nitrogens is 1. The van der Waals surface area contributed by atoms with Crippen molar-refractivity contribution >= 4 is 27.7 Å². The number of rotatable bonds is 2. The Hall–Kier alpha value is -1.99. The molecule has 0 bridgehead atoms. The molecular formula is C11H8BrN3O3. The third kappa shape index (κ3) is 2.47. The van der Waals surface area contributed by atoms with Gasteiger partial charge in [-0.2, -0.15) is 0 Å². The molecule has 0 atom stereocenters. The number of carbonyl (C=O) groups is 2. The van der Waals surface area contributed by atoms with Crippen molar-refractivity contribution in [2.75, 3.05) is 0 Å². The van der Waals surface area contributed by atoms with Gasteiger partial charge in [0.25, 0.3) is 5.91 Å². The van der Waals surface area contributed by atoms with Gasteiger partial charge in [0, 0.05) is 12.4 Å². The highest BCUT2D eigenvalue weighted by Gasteiger charge is 2.23. The molecule has 0 aliphatic carbocycles. The second-order valence-electron chi connectivity index (χ2n) is 3.33. The summed E-state index contributed by atoms with van der Waals surface area (Å²) in [5.74, 6) is 4.06. The van der Waals surface area contributed by atoms with E-state index in [9.17, 15) is 9.59 Å². The van der Waals surface area contributed by atoms with Gasteiger partial charge in [0.05, 0.1) is 5.56 Å². The molecule has 0 spiro atoms. The maximum atomic E-state index is 11.9. The van der Waals surface area contributed by atoms with E-state index in [0.29, 0.717) is 9.68 Å². The molecule has 2 rings (SSSR count). The van der Waals surface area contributed by atoms with Crippen LogP contribution in [0.2, 0.25) is 0 Å². The fraction of sp³-hybridized carbons (Fsp3) is 0. The molecule has 0 saturated carbocycles. The van der Waals surface area contributed by atoms with Gasteiger partial charge in [0.2, 0.25) is 0 Å². The van der Waals surface area contributed by atoms with Gasteiger partial charge in [-0.25, -0.2) is 10.9 Å². The number of furan rings is 1. The van der Waals surface area contributed by atoms with Crippen molar-refractivity contribution in [1.82, 2.24) is 9.99 Å². The highest BCUT2D eigenvalue weighted by atomic mass is 79.9. The molecule has 0 aromatic carbocycles. The zero-order valence-electron chi connectivity index (χ0n) is 9.04. The van der Waals surface area contributed by atoms with E-state index in [1.807, 2.05) is 0 Å². The Kier molecular flexibility index (Phi) is 3.54. The quantitative estimate of drug-likeness (QED) is 0.394. The highest BCUT2D eigenvalue weighted by Crippen LogP contribution is 2.15. The Morgan fingerprint density at radius 3 is 2.61 bits per heavy atom. The number of nitrogens with zero attached hydrogens (tertiary/aromatic N) is 2. The van der Waals surface area contributed by atoms with Gasteiger partial charge < -0.3 is 4.42 Å². The summed E-state index contributed by atoms with van der Waals surface area (Å²) in [5.41, 5.74) is 0.221. The van der Waals surface area contributed by atoms with E-state index in [2.05, 4.69) is 20.9 Å². The lowest BCUT2D eigenvalue weighted by Gasteiger charge is -2.12. The van der Waals surface area contributed by atoms with Gasteiger partial charge >= 0.3 is 5.91 Å². The molecule has 0 radical (unpaired) electrons. The van der Waals surface area contributed by atoms with Crippen LogP contribution in [-0.2, 0) is 0 Å². The van der Waals surface area contributed by atoms with Gasteiger partial charge in [-0.3, -0.25) is 14.6 Å². The van der Waals surface area contributed by atoms with E-state index in [0.717, 1.165) is 0 Å². The van der Waals surface area contributed by atoms with Crippen LogP contribution in [0.15, 0.2) is 45.7 Å². The van der Waals surface area contributed by atoms with Crippen molar-refractivity contribution in [1.29, 1.82) is 0 Å². The molecule has 2 heterocycles. The Morgan fingerprint density at radius 1 is 1.28 bits per heavy atom. The van der Waals surface area contributed by atoms with Crippen molar-refractivity contribution in [3.63, 3.8) is 0 Å². The number of hydrogen-bond donors (Lipinski definition) is 1. The van der Waals surface area contributed by atoms with Gasteiger partial charge in [-0.1, -0.05) is 0 Å². The fourth-order valence-electron chi connectivity index (χ4n) is 1.27. The Morgan fingerprint density at radius 2 is 2.06 bits per heavy atom. The molecule has 0 unspecified atom stereocenters. The highest BCUT2D eigenvalue weighted by molar-refractivity contribution is 9.10. The molecule has 2 aromatic heterocycles. The van der Waals surface area contributed by atoms with Crippen molar-refractivity contribution in [2.45, 2.75) is 0 Å². The van der Waals surface area contributed by atoms with E-state index in [1.54, 1.807) is 6.07 Å². The van der Waals surface area contributed by atoms with E-state index >= 15 is 0 Å². The predicted octanol–water partition coefficient (Wildman–Crippen LogP) is 1.59. The van der Waals surface area contributed by atoms with E-state index in [1.165, 1.54) is 30.6 Å². The van der Waals surface area contributed by atoms with E-state index in [-0.39, 0.29) is 11.3 Å². The van der Waals surface area contributed by atoms with Crippen LogP contribution in [0.1, 0.15) is 20.9 Å². The fourth-order valence-corrected chi connectivity index (χ4v) is 1.58. The van der Waals surface area contributed by atoms with Gasteiger partial charge in [-0.15, -0.1) is 0 Å². The summed E-state index contributed by atoms with van der Waals surface area (Å²) in [6, 6.07) is 6.05. The number of nitrogens with two attached hydrogens (primary N) is 1. The van der Waals surface area contributed by atoms with E-state index in [4.69, 9.17) is 10.3 Å². The van der Waals surface area contributed by atoms with Gasteiger partial charge in [0.15, 0.2) is 10.4 Å². The van der Waals surface area contributed by atoms with Crippen LogP contribution in [0.4, 0.5) is 0 Å². The number of pyridine rings is 1. The topological polar surface area (TPSA) is 89.4 Å². The molecule has 92 valence electrons. The summed E-state index contributed by atoms with van der Waals surface area (Å²) in [6.07, 6.45) is 2.84. The van der Waals surface area contributed by atoms with E-state index < -0.39 is 11.8 Å². The zero-order valence-corrected chi connectivity index (χ0v) is 10.6. The molecule has 0 aliphatic rings. The first-order valence-corrected chi connectivity index (χ1v) is 5.67. The maximum Gasteiger partial charge on any atom is 0.310 e. The van der Waals surface area contributed by atoms with Gasteiger partial charge in [0.1, 0.15) is 0 Å². The second kappa shape index (κ2) is 5.11. The Labute approximate surface area is 110 Å². The number of hydrogen-bond acceptors (Lipinski definition) is 5. The summed E-state index contributed by atoms with van der Waals surface area (Å²) in [6.45, 7) is 0. The average molecular weight is 310 g/mol. The maximum absolute atomic E-state index is 11.9. The first-order chi connectivity index (χ1) is 8.59. The molecule has 18 heavy (non-hydrogen) atoms. The lowest BCUT2D eigenvalue weighted by Crippen LogP contribution is -2.42. The van der Waals surface area contributed by atoms with Crippen LogP contribution in [0, 0.1) is 0 Å². The SMILES string of the molecule is NN(C(=O)c1cccnc1)C(=O)c1ccc(Br)o1. The summed E-state index contributed by atoms with van der Waals surface area (Å²) < 4.78 is 5.41. The van der Waals surface area contributed by atoms with Crippen LogP contribution in [0.25, 0.3) is 0 Å². The first-order valence-electron chi connectivity index (χ1n) is 4.88. The molecule has 0 aliphatic heterocycles. The number of imide groups is 1. The number of amides is 2. The van der Waals surface area contributed by atoms with Crippen LogP contribution >= 0.6 is 15.9 Å². The monoisotopic (exact) mass is 309 g/mol. The van der Waals surface area contributed by atoms with Crippen molar-refractivity contribution in [2.24, 2.45) is 5.84 Å². The molecule has 0 saturated heterocycles. The minimum atomic E-state index is -0.727. The van der Waals surface area contributed by atoms with Crippen molar-refractivity contribution in [3.8, 4) is 0 Å². The van der Waals surface area contributed by atoms with Crippen LogP contribution in [-0.4, -0.2) is 21.8 Å². The Bertz CT molecular complexity index is 582. The molecule has 2 N–H and O–H groups in total. The smallest absolute Gasteiger partial charge is 0.310 e. The summed E-state index contributed by atoms with van der Waals surface area (Å²) in [4.78, 5) is 27.4.